The molecule has 1 atom stereocenters. The lowest BCUT2D eigenvalue weighted by molar-refractivity contribution is 0.0952. The van der Waals surface area contributed by atoms with E-state index in [0.29, 0.717) is 12.1 Å². The third-order valence-electron chi connectivity index (χ3n) is 3.43. The van der Waals surface area contributed by atoms with Crippen LogP contribution in [0.1, 0.15) is 17.3 Å². The Morgan fingerprint density at radius 3 is 2.91 bits per heavy atom. The molecule has 2 aromatic heterocycles. The van der Waals surface area contributed by atoms with Gasteiger partial charge in [0.2, 0.25) is 0 Å². The first-order chi connectivity index (χ1) is 10.7. The minimum Gasteiger partial charge on any atom is -0.381 e. The molecule has 2 N–H and O–H groups in total. The molecule has 0 aliphatic carbocycles. The van der Waals surface area contributed by atoms with E-state index in [1.165, 1.54) is 0 Å². The van der Waals surface area contributed by atoms with Gasteiger partial charge in [0.15, 0.2) is 0 Å². The topological polar surface area (TPSA) is 58.4 Å². The van der Waals surface area contributed by atoms with Crippen LogP contribution in [0.2, 0.25) is 0 Å². The summed E-state index contributed by atoms with van der Waals surface area (Å²) in [5.41, 5.74) is 2.59. The Hall–Kier alpha value is -2.82. The van der Waals surface area contributed by atoms with E-state index in [-0.39, 0.29) is 11.9 Å². The first-order valence-corrected chi connectivity index (χ1v) is 7.24. The molecule has 0 saturated heterocycles. The molecule has 2 heterocycles. The maximum absolute atomic E-state index is 12.2. The minimum atomic E-state index is -0.0783. The number of aromatic nitrogens is 2. The van der Waals surface area contributed by atoms with Gasteiger partial charge < -0.3 is 15.0 Å². The highest BCUT2D eigenvalue weighted by atomic mass is 16.1. The summed E-state index contributed by atoms with van der Waals surface area (Å²) >= 11 is 0. The maximum Gasteiger partial charge on any atom is 0.251 e. The van der Waals surface area contributed by atoms with Crippen molar-refractivity contribution in [2.45, 2.75) is 13.0 Å². The van der Waals surface area contributed by atoms with Crippen molar-refractivity contribution >= 4 is 17.1 Å². The monoisotopic (exact) mass is 294 g/mol. The maximum atomic E-state index is 12.2. The lowest BCUT2D eigenvalue weighted by Crippen LogP contribution is -2.34. The van der Waals surface area contributed by atoms with E-state index in [1.54, 1.807) is 18.6 Å². The van der Waals surface area contributed by atoms with Crippen LogP contribution in [0.4, 0.5) is 5.69 Å². The number of nitrogens with one attached hydrogen (secondary N) is 2. The quantitative estimate of drug-likeness (QED) is 0.760. The van der Waals surface area contributed by atoms with Crippen molar-refractivity contribution in [2.75, 3.05) is 11.9 Å². The predicted octanol–water partition coefficient (Wildman–Crippen LogP) is 2.56. The molecule has 3 rings (SSSR count). The lowest BCUT2D eigenvalue weighted by atomic mass is 10.2. The first-order valence-electron chi connectivity index (χ1n) is 7.24. The molecule has 22 heavy (non-hydrogen) atoms. The number of carbonyl (C=O) groups excluding carboxylic acids is 1. The Morgan fingerprint density at radius 2 is 2.09 bits per heavy atom. The van der Waals surface area contributed by atoms with Crippen molar-refractivity contribution in [3.05, 3.63) is 66.7 Å². The molecule has 0 fully saturated rings. The van der Waals surface area contributed by atoms with Crippen molar-refractivity contribution in [1.29, 1.82) is 0 Å². The van der Waals surface area contributed by atoms with Gasteiger partial charge in [0, 0.05) is 30.0 Å². The molecule has 3 aromatic rings. The normalized spacial score (nSPS) is 12.0. The van der Waals surface area contributed by atoms with Gasteiger partial charge in [0.25, 0.3) is 5.91 Å². The number of fused-ring (bicyclic) bond motifs is 1. The lowest BCUT2D eigenvalue weighted by Gasteiger charge is -2.16. The summed E-state index contributed by atoms with van der Waals surface area (Å²) < 4.78 is 1.87. The van der Waals surface area contributed by atoms with E-state index in [1.807, 2.05) is 53.9 Å². The fourth-order valence-corrected chi connectivity index (χ4v) is 2.28. The molecule has 0 radical (unpaired) electrons. The molecular formula is C17H18N4O. The molecule has 1 amide bonds. The number of nitrogens with zero attached hydrogens (tertiary/aromatic N) is 2. The average Bonchev–Trinajstić information content (AvgIpc) is 3.01. The number of amides is 1. The van der Waals surface area contributed by atoms with E-state index < -0.39 is 0 Å². The third kappa shape index (κ3) is 3.25. The van der Waals surface area contributed by atoms with Gasteiger partial charge in [-0.15, -0.1) is 0 Å². The number of rotatable bonds is 5. The van der Waals surface area contributed by atoms with Crippen LogP contribution in [0, 0.1) is 0 Å². The van der Waals surface area contributed by atoms with Crippen LogP contribution in [0.15, 0.2) is 61.2 Å². The van der Waals surface area contributed by atoms with Gasteiger partial charge in [0.1, 0.15) is 0 Å². The SMILES string of the molecule is CC(CNC(=O)c1ccn2cncc2c1)Nc1ccccc1. The Bertz CT molecular complexity index is 766. The second kappa shape index (κ2) is 6.30. The van der Waals surface area contributed by atoms with E-state index >= 15 is 0 Å². The molecule has 0 spiro atoms. The van der Waals surface area contributed by atoms with Crippen LogP contribution >= 0.6 is 0 Å². The van der Waals surface area contributed by atoms with Crippen LogP contribution in [0.25, 0.3) is 5.52 Å². The predicted molar refractivity (Wildman–Crippen MR) is 87.1 cm³/mol. The van der Waals surface area contributed by atoms with Crippen molar-refractivity contribution in [1.82, 2.24) is 14.7 Å². The highest BCUT2D eigenvalue weighted by Crippen LogP contribution is 2.08. The standard InChI is InChI=1S/C17H18N4O/c1-13(20-15-5-3-2-4-6-15)10-19-17(22)14-7-8-21-12-18-11-16(21)9-14/h2-9,11-13,20H,10H2,1H3,(H,19,22). The zero-order valence-electron chi connectivity index (χ0n) is 12.4. The highest BCUT2D eigenvalue weighted by molar-refractivity contribution is 5.95. The number of carbonyl (C=O) groups is 1. The summed E-state index contributed by atoms with van der Waals surface area (Å²) in [4.78, 5) is 16.2. The summed E-state index contributed by atoms with van der Waals surface area (Å²) in [7, 11) is 0. The first kappa shape index (κ1) is 14.1. The number of hydrogen-bond donors (Lipinski definition) is 2. The molecule has 1 aromatic carbocycles. The molecule has 0 saturated carbocycles. The van der Waals surface area contributed by atoms with Crippen LogP contribution < -0.4 is 10.6 Å². The molecule has 5 nitrogen and oxygen atoms in total. The minimum absolute atomic E-state index is 0.0783. The van der Waals surface area contributed by atoms with E-state index in [0.717, 1.165) is 11.2 Å². The van der Waals surface area contributed by atoms with Crippen LogP contribution in [-0.2, 0) is 0 Å². The van der Waals surface area contributed by atoms with Crippen molar-refractivity contribution in [3.8, 4) is 0 Å². The zero-order valence-corrected chi connectivity index (χ0v) is 12.4. The summed E-state index contributed by atoms with van der Waals surface area (Å²) in [6, 6.07) is 13.7. The average molecular weight is 294 g/mol. The summed E-state index contributed by atoms with van der Waals surface area (Å²) in [6.07, 6.45) is 5.28. The van der Waals surface area contributed by atoms with Gasteiger partial charge in [-0.3, -0.25) is 4.79 Å². The van der Waals surface area contributed by atoms with Crippen LogP contribution in [0.3, 0.4) is 0 Å². The molecule has 5 heteroatoms. The summed E-state index contributed by atoms with van der Waals surface area (Å²) in [5.74, 6) is -0.0783. The van der Waals surface area contributed by atoms with Gasteiger partial charge >= 0.3 is 0 Å². The summed E-state index contributed by atoms with van der Waals surface area (Å²) in [5, 5.41) is 6.29. The molecule has 1 unspecified atom stereocenters. The van der Waals surface area contributed by atoms with Crippen molar-refractivity contribution in [2.24, 2.45) is 0 Å². The summed E-state index contributed by atoms with van der Waals surface area (Å²) in [6.45, 7) is 2.59. The fourth-order valence-electron chi connectivity index (χ4n) is 2.28. The number of imidazole rings is 1. The molecule has 0 bridgehead atoms. The zero-order chi connectivity index (χ0) is 15.4. The molecular weight excluding hydrogens is 276 g/mol. The molecule has 0 aliphatic rings. The van der Waals surface area contributed by atoms with Gasteiger partial charge in [0.05, 0.1) is 18.0 Å². The highest BCUT2D eigenvalue weighted by Gasteiger charge is 2.08. The second-order valence-electron chi connectivity index (χ2n) is 5.26. The van der Waals surface area contributed by atoms with Crippen LogP contribution in [-0.4, -0.2) is 27.9 Å². The van der Waals surface area contributed by atoms with Crippen molar-refractivity contribution in [3.63, 3.8) is 0 Å². The molecule has 112 valence electrons. The fraction of sp³-hybridized carbons (Fsp3) is 0.176. The van der Waals surface area contributed by atoms with Gasteiger partial charge in [-0.1, -0.05) is 18.2 Å². The van der Waals surface area contributed by atoms with Crippen molar-refractivity contribution < 1.29 is 4.79 Å². The number of benzene rings is 1. The number of para-hydroxylation sites is 1. The Labute approximate surface area is 129 Å². The Balaban J connectivity index is 1.57. The van der Waals surface area contributed by atoms with E-state index in [2.05, 4.69) is 15.6 Å². The smallest absolute Gasteiger partial charge is 0.251 e. The third-order valence-corrected chi connectivity index (χ3v) is 3.43. The number of hydrogen-bond acceptors (Lipinski definition) is 3. The molecule has 0 aliphatic heterocycles. The number of anilines is 1. The van der Waals surface area contributed by atoms with Gasteiger partial charge in [-0.2, -0.15) is 0 Å². The van der Waals surface area contributed by atoms with Crippen LogP contribution in [0.5, 0.6) is 0 Å². The largest absolute Gasteiger partial charge is 0.381 e. The Kier molecular flexibility index (Phi) is 4.05. The van der Waals surface area contributed by atoms with E-state index in [4.69, 9.17) is 0 Å². The van der Waals surface area contributed by atoms with E-state index in [9.17, 15) is 4.79 Å². The number of pyridine rings is 1. The second-order valence-corrected chi connectivity index (χ2v) is 5.26. The van der Waals surface area contributed by atoms with Gasteiger partial charge in [-0.05, 0) is 31.2 Å². The Morgan fingerprint density at radius 1 is 1.27 bits per heavy atom. The van der Waals surface area contributed by atoms with Gasteiger partial charge in [-0.25, -0.2) is 4.98 Å².